The SMILES string of the molecule is COc1ccc(CCNC(=O)CCn2ccn3nc(-c4ccc(F)cc4)cc3c2=O)cc1OC. The Morgan fingerprint density at radius 3 is 2.53 bits per heavy atom. The fraction of sp³-hybridized carbons (Fsp3) is 0.240. The zero-order chi connectivity index (χ0) is 24.1. The third-order valence-corrected chi connectivity index (χ3v) is 5.51. The van der Waals surface area contributed by atoms with E-state index in [1.54, 1.807) is 44.8 Å². The fourth-order valence-electron chi connectivity index (χ4n) is 3.66. The van der Waals surface area contributed by atoms with Gasteiger partial charge in [0.2, 0.25) is 5.91 Å². The van der Waals surface area contributed by atoms with Crippen LogP contribution in [0.3, 0.4) is 0 Å². The normalized spacial score (nSPS) is 10.9. The van der Waals surface area contributed by atoms with E-state index in [9.17, 15) is 14.0 Å². The van der Waals surface area contributed by atoms with Gasteiger partial charge in [-0.3, -0.25) is 9.59 Å². The van der Waals surface area contributed by atoms with Crippen LogP contribution in [0.2, 0.25) is 0 Å². The molecule has 0 aliphatic rings. The summed E-state index contributed by atoms with van der Waals surface area (Å²) in [4.78, 5) is 25.1. The van der Waals surface area contributed by atoms with E-state index in [1.807, 2.05) is 18.2 Å². The van der Waals surface area contributed by atoms with E-state index in [2.05, 4.69) is 10.4 Å². The Balaban J connectivity index is 1.34. The Labute approximate surface area is 195 Å². The van der Waals surface area contributed by atoms with Crippen LogP contribution in [-0.2, 0) is 17.8 Å². The number of amides is 1. The summed E-state index contributed by atoms with van der Waals surface area (Å²) in [7, 11) is 3.16. The van der Waals surface area contributed by atoms with Crippen molar-refractivity contribution < 1.29 is 18.7 Å². The number of nitrogens with zero attached hydrogens (tertiary/aromatic N) is 3. The number of ether oxygens (including phenoxy) is 2. The van der Waals surface area contributed by atoms with Gasteiger partial charge in [-0.15, -0.1) is 0 Å². The van der Waals surface area contributed by atoms with E-state index >= 15 is 0 Å². The van der Waals surface area contributed by atoms with Crippen LogP contribution >= 0.6 is 0 Å². The van der Waals surface area contributed by atoms with E-state index in [-0.39, 0.29) is 30.2 Å². The van der Waals surface area contributed by atoms with Crippen LogP contribution in [0.5, 0.6) is 11.5 Å². The monoisotopic (exact) mass is 464 g/mol. The lowest BCUT2D eigenvalue weighted by Gasteiger charge is -2.10. The quantitative estimate of drug-likeness (QED) is 0.411. The molecule has 0 unspecified atom stereocenters. The van der Waals surface area contributed by atoms with Gasteiger partial charge in [0.1, 0.15) is 11.3 Å². The van der Waals surface area contributed by atoms with Gasteiger partial charge >= 0.3 is 0 Å². The van der Waals surface area contributed by atoms with Gasteiger partial charge in [-0.2, -0.15) is 5.10 Å². The predicted molar refractivity (Wildman–Crippen MR) is 126 cm³/mol. The molecule has 9 heteroatoms. The van der Waals surface area contributed by atoms with Crippen molar-refractivity contribution in [1.82, 2.24) is 19.5 Å². The average Bonchev–Trinajstić information content (AvgIpc) is 3.29. The zero-order valence-corrected chi connectivity index (χ0v) is 19.0. The van der Waals surface area contributed by atoms with E-state index < -0.39 is 0 Å². The maximum Gasteiger partial charge on any atom is 0.276 e. The van der Waals surface area contributed by atoms with Crippen molar-refractivity contribution in [2.45, 2.75) is 19.4 Å². The molecule has 0 radical (unpaired) electrons. The van der Waals surface area contributed by atoms with Gasteiger partial charge in [0.15, 0.2) is 11.5 Å². The van der Waals surface area contributed by atoms with E-state index in [1.165, 1.54) is 21.2 Å². The molecule has 0 aliphatic heterocycles. The molecule has 8 nitrogen and oxygen atoms in total. The van der Waals surface area contributed by atoms with Gasteiger partial charge in [-0.25, -0.2) is 8.91 Å². The van der Waals surface area contributed by atoms with Gasteiger partial charge < -0.3 is 19.4 Å². The number of carbonyl (C=O) groups is 1. The summed E-state index contributed by atoms with van der Waals surface area (Å²) in [6.07, 6.45) is 4.08. The van der Waals surface area contributed by atoms with Crippen molar-refractivity contribution in [3.63, 3.8) is 0 Å². The topological polar surface area (TPSA) is 86.9 Å². The van der Waals surface area contributed by atoms with E-state index in [4.69, 9.17) is 9.47 Å². The Bertz CT molecular complexity index is 1360. The number of hydrogen-bond acceptors (Lipinski definition) is 5. The second kappa shape index (κ2) is 10.2. The van der Waals surface area contributed by atoms with Crippen LogP contribution in [0, 0.1) is 5.82 Å². The molecule has 1 amide bonds. The lowest BCUT2D eigenvalue weighted by molar-refractivity contribution is -0.121. The number of aryl methyl sites for hydroxylation is 1. The molecule has 0 bridgehead atoms. The number of nitrogens with one attached hydrogen (secondary N) is 1. The minimum Gasteiger partial charge on any atom is -0.493 e. The number of hydrogen-bond donors (Lipinski definition) is 1. The third-order valence-electron chi connectivity index (χ3n) is 5.51. The van der Waals surface area contributed by atoms with E-state index in [0.29, 0.717) is 41.2 Å². The summed E-state index contributed by atoms with van der Waals surface area (Å²) in [6.45, 7) is 0.709. The molecule has 176 valence electrons. The number of benzene rings is 2. The Morgan fingerprint density at radius 1 is 1.03 bits per heavy atom. The molecule has 0 aliphatic carbocycles. The van der Waals surface area contributed by atoms with E-state index in [0.717, 1.165) is 5.56 Å². The molecule has 0 fully saturated rings. The molecule has 0 saturated heterocycles. The highest BCUT2D eigenvalue weighted by molar-refractivity contribution is 5.75. The molecule has 4 aromatic rings. The number of halogens is 1. The molecule has 34 heavy (non-hydrogen) atoms. The molecule has 1 N–H and O–H groups in total. The second-order valence-electron chi connectivity index (χ2n) is 7.70. The first kappa shape index (κ1) is 23.0. The van der Waals surface area contributed by atoms with Crippen LogP contribution in [-0.4, -0.2) is 40.9 Å². The molecular formula is C25H25FN4O4. The molecule has 4 rings (SSSR count). The number of methoxy groups -OCH3 is 2. The van der Waals surface area contributed by atoms with Crippen LogP contribution in [0.25, 0.3) is 16.8 Å². The standard InChI is InChI=1S/C25H25FN4O4/c1-33-22-8-3-17(15-23(22)34-2)9-11-27-24(31)10-12-29-13-14-30-21(25(29)32)16-20(28-30)18-4-6-19(26)7-5-18/h3-8,13-16H,9-12H2,1-2H3,(H,27,31). The molecule has 2 aromatic carbocycles. The Hall–Kier alpha value is -4.14. The lowest BCUT2D eigenvalue weighted by atomic mass is 10.1. The van der Waals surface area contributed by atoms with Crippen molar-refractivity contribution in [3.05, 3.63) is 82.7 Å². The second-order valence-corrected chi connectivity index (χ2v) is 7.70. The summed E-state index contributed by atoms with van der Waals surface area (Å²) in [5, 5.41) is 7.27. The van der Waals surface area contributed by atoms with Crippen molar-refractivity contribution in [2.75, 3.05) is 20.8 Å². The maximum atomic E-state index is 13.2. The molecule has 2 heterocycles. The molecule has 0 spiro atoms. The molecule has 0 saturated carbocycles. The highest BCUT2D eigenvalue weighted by atomic mass is 19.1. The summed E-state index contributed by atoms with van der Waals surface area (Å²) >= 11 is 0. The molecular weight excluding hydrogens is 439 g/mol. The lowest BCUT2D eigenvalue weighted by Crippen LogP contribution is -2.29. The first-order valence-corrected chi connectivity index (χ1v) is 10.8. The van der Waals surface area contributed by atoms with Crippen LogP contribution in [0.1, 0.15) is 12.0 Å². The van der Waals surface area contributed by atoms with Crippen molar-refractivity contribution in [3.8, 4) is 22.8 Å². The largest absolute Gasteiger partial charge is 0.493 e. The zero-order valence-electron chi connectivity index (χ0n) is 19.0. The molecule has 0 atom stereocenters. The number of fused-ring (bicyclic) bond motifs is 1. The van der Waals surface area contributed by atoms with Gasteiger partial charge in [0.05, 0.1) is 19.9 Å². The van der Waals surface area contributed by atoms with Crippen molar-refractivity contribution in [1.29, 1.82) is 0 Å². The Morgan fingerprint density at radius 2 is 1.79 bits per heavy atom. The van der Waals surface area contributed by atoms with Crippen LogP contribution in [0.4, 0.5) is 4.39 Å². The minimum absolute atomic E-state index is 0.146. The maximum absolute atomic E-state index is 13.2. The smallest absolute Gasteiger partial charge is 0.276 e. The third kappa shape index (κ3) is 5.09. The highest BCUT2D eigenvalue weighted by Crippen LogP contribution is 2.27. The van der Waals surface area contributed by atoms with Gasteiger partial charge in [-0.1, -0.05) is 6.07 Å². The van der Waals surface area contributed by atoms with Crippen LogP contribution < -0.4 is 20.3 Å². The number of carbonyl (C=O) groups excluding carboxylic acids is 1. The minimum atomic E-state index is -0.336. The van der Waals surface area contributed by atoms with Crippen molar-refractivity contribution >= 4 is 11.4 Å². The number of aromatic nitrogens is 3. The summed E-state index contributed by atoms with van der Waals surface area (Å²) < 4.78 is 26.7. The first-order chi connectivity index (χ1) is 16.5. The highest BCUT2D eigenvalue weighted by Gasteiger charge is 2.11. The van der Waals surface area contributed by atoms with Gasteiger partial charge in [-0.05, 0) is 54.4 Å². The van der Waals surface area contributed by atoms with Gasteiger partial charge in [0, 0.05) is 37.5 Å². The average molecular weight is 464 g/mol. The summed E-state index contributed by atoms with van der Waals surface area (Å²) in [5.74, 6) is 0.814. The summed E-state index contributed by atoms with van der Waals surface area (Å²) in [5.41, 5.74) is 2.43. The number of rotatable bonds is 9. The van der Waals surface area contributed by atoms with Crippen LogP contribution in [0.15, 0.2) is 65.7 Å². The van der Waals surface area contributed by atoms with Crippen molar-refractivity contribution in [2.24, 2.45) is 0 Å². The fourth-order valence-corrected chi connectivity index (χ4v) is 3.66. The van der Waals surface area contributed by atoms with Gasteiger partial charge in [0.25, 0.3) is 5.56 Å². The summed E-state index contributed by atoms with van der Waals surface area (Å²) in [6, 6.07) is 13.2. The molecule has 2 aromatic heterocycles. The Kier molecular flexibility index (Phi) is 6.91. The first-order valence-electron chi connectivity index (χ1n) is 10.8. The predicted octanol–water partition coefficient (Wildman–Crippen LogP) is 3.07.